The van der Waals surface area contributed by atoms with Gasteiger partial charge >= 0.3 is 206 Å². The molecule has 0 saturated carbocycles. The zero-order chi connectivity index (χ0) is 23.5. The normalized spacial score (nSPS) is 21.9. The summed E-state index contributed by atoms with van der Waals surface area (Å²) in [4.78, 5) is 0. The summed E-state index contributed by atoms with van der Waals surface area (Å²) < 4.78 is 1.18. The van der Waals surface area contributed by atoms with Gasteiger partial charge in [-0.2, -0.15) is 0 Å². The molecular formula is C29H32Cl2SiZr. The van der Waals surface area contributed by atoms with E-state index in [0.717, 1.165) is 4.13 Å². The molecule has 0 amide bonds. The molecular weight excluding hydrogens is 539 g/mol. The second-order valence-corrected chi connectivity index (χ2v) is 64.3. The van der Waals surface area contributed by atoms with Gasteiger partial charge in [-0.15, -0.1) is 0 Å². The number of benzene rings is 3. The quantitative estimate of drug-likeness (QED) is 0.269. The van der Waals surface area contributed by atoms with Gasteiger partial charge in [-0.1, -0.05) is 0 Å². The van der Waals surface area contributed by atoms with Crippen molar-refractivity contribution in [2.45, 2.75) is 38.7 Å². The molecule has 0 nitrogen and oxygen atoms in total. The molecule has 33 heavy (non-hydrogen) atoms. The molecule has 3 aromatic rings. The van der Waals surface area contributed by atoms with Crippen LogP contribution in [0.25, 0.3) is 23.3 Å². The summed E-state index contributed by atoms with van der Waals surface area (Å²) >= 11 is -5.02. The fraction of sp³-hybridized carbons (Fsp3) is 0.241. The van der Waals surface area contributed by atoms with E-state index in [1.807, 2.05) is 0 Å². The maximum atomic E-state index is 8.43. The van der Waals surface area contributed by atoms with Crippen molar-refractivity contribution < 1.29 is 14.1 Å². The Bertz CT molecular complexity index is 1330. The predicted molar refractivity (Wildman–Crippen MR) is 148 cm³/mol. The van der Waals surface area contributed by atoms with Crippen LogP contribution in [0.3, 0.4) is 0 Å². The van der Waals surface area contributed by atoms with Gasteiger partial charge < -0.3 is 0 Å². The summed E-state index contributed by atoms with van der Waals surface area (Å²) in [6, 6.07) is 26.2. The van der Waals surface area contributed by atoms with Gasteiger partial charge in [-0.25, -0.2) is 0 Å². The second kappa shape index (κ2) is 7.66. The van der Waals surface area contributed by atoms with Crippen molar-refractivity contribution in [2.24, 2.45) is 0 Å². The zero-order valence-corrected chi connectivity index (χ0v) is 25.3. The molecule has 5 rings (SSSR count). The molecule has 3 aromatic carbocycles. The van der Waals surface area contributed by atoms with Crippen molar-refractivity contribution in [3.63, 3.8) is 0 Å². The Labute approximate surface area is 204 Å². The number of hydrogen-bond donors (Lipinski definition) is 0. The first kappa shape index (κ1) is 23.6. The number of allylic oxidation sites excluding steroid dienone is 2. The third kappa shape index (κ3) is 3.17. The fourth-order valence-electron chi connectivity index (χ4n) is 7.24. The van der Waals surface area contributed by atoms with Crippen molar-refractivity contribution >= 4 is 35.8 Å². The summed E-state index contributed by atoms with van der Waals surface area (Å²) in [5, 5.41) is 0. The Hall–Kier alpha value is -1.18. The second-order valence-electron chi connectivity index (χ2n) is 10.4. The molecule has 170 valence electrons. The van der Waals surface area contributed by atoms with Gasteiger partial charge in [0.15, 0.2) is 0 Å². The Balaban J connectivity index is 1.80. The van der Waals surface area contributed by atoms with Crippen LogP contribution in [0.15, 0.2) is 83.9 Å². The van der Waals surface area contributed by atoms with Gasteiger partial charge in [-0.05, 0) is 0 Å². The molecule has 0 fully saturated rings. The van der Waals surface area contributed by atoms with Crippen molar-refractivity contribution in [1.82, 2.24) is 0 Å². The van der Waals surface area contributed by atoms with Gasteiger partial charge in [0.25, 0.3) is 0 Å². The molecule has 0 aliphatic heterocycles. The van der Waals surface area contributed by atoms with E-state index in [1.165, 1.54) is 44.5 Å². The molecule has 2 aliphatic rings. The number of hydrogen-bond acceptors (Lipinski definition) is 0. The van der Waals surface area contributed by atoms with E-state index in [2.05, 4.69) is 112 Å². The van der Waals surface area contributed by atoms with Crippen LogP contribution in [0.2, 0.25) is 10.7 Å². The molecule has 0 heterocycles. The van der Waals surface area contributed by atoms with Crippen LogP contribution < -0.4 is 0 Å². The SMILES string of the molecule is C[CH2][Zr]([Cl])([Cl])([SiH2]C)([CH]1C(C)=Cc2ccccc21)[CH]1C(C)=Cc2c(-c3ccccc3)cccc21. The van der Waals surface area contributed by atoms with Crippen LogP contribution >= 0.6 is 17.0 Å². The van der Waals surface area contributed by atoms with Crippen LogP contribution in [0.4, 0.5) is 0 Å². The Kier molecular flexibility index (Phi) is 5.47. The predicted octanol–water partition coefficient (Wildman–Crippen LogP) is 9.07. The molecule has 0 spiro atoms. The summed E-state index contributed by atoms with van der Waals surface area (Å²) in [7, 11) is 16.9. The first-order valence-corrected chi connectivity index (χ1v) is 30.4. The van der Waals surface area contributed by atoms with Gasteiger partial charge in [0.1, 0.15) is 0 Å². The number of halogens is 2. The Morgan fingerprint density at radius 3 is 2.06 bits per heavy atom. The molecule has 2 atom stereocenters. The van der Waals surface area contributed by atoms with Crippen LogP contribution in [-0.4, -0.2) is 6.65 Å². The number of rotatable bonds is 5. The molecule has 0 bridgehead atoms. The Morgan fingerprint density at radius 1 is 0.758 bits per heavy atom. The molecule has 2 unspecified atom stereocenters. The van der Waals surface area contributed by atoms with Gasteiger partial charge in [0.2, 0.25) is 0 Å². The first-order valence-electron chi connectivity index (χ1n) is 12.1. The maximum absolute atomic E-state index is 8.43. The van der Waals surface area contributed by atoms with E-state index in [0.29, 0.717) is 0 Å². The molecule has 0 aromatic heterocycles. The standard InChI is InChI=1S/C16H13.C10H9.C2H5.CH5Si.2ClH.Zr/c1-12-10-14-8-5-9-15(16(14)11-12)13-6-3-2-4-7-13;1-8-6-9-4-2-3-5-10(9)7-8;2*1-2;;;/h2-11H,1H3;2-7H,1H3;1H2,2H3;2H2,1H3;2*1H;/q;;;;;;+2/p-2. The van der Waals surface area contributed by atoms with Crippen LogP contribution in [0.5, 0.6) is 0 Å². The van der Waals surface area contributed by atoms with E-state index >= 15 is 0 Å². The van der Waals surface area contributed by atoms with Crippen LogP contribution in [0.1, 0.15) is 50.3 Å². The van der Waals surface area contributed by atoms with E-state index < -0.39 is 20.7 Å². The molecule has 0 radical (unpaired) electrons. The van der Waals surface area contributed by atoms with E-state index in [1.54, 1.807) is 0 Å². The fourth-order valence-corrected chi connectivity index (χ4v) is 46.4. The van der Waals surface area contributed by atoms with Crippen molar-refractivity contribution in [1.29, 1.82) is 0 Å². The average molecular weight is 571 g/mol. The van der Waals surface area contributed by atoms with Crippen molar-refractivity contribution in [3.8, 4) is 11.1 Å². The Morgan fingerprint density at radius 2 is 1.36 bits per heavy atom. The molecule has 2 aliphatic carbocycles. The van der Waals surface area contributed by atoms with Crippen LogP contribution in [-0.2, 0) is 14.1 Å². The summed E-state index contributed by atoms with van der Waals surface area (Å²) in [6.07, 6.45) is 4.73. The molecule has 4 heteroatoms. The van der Waals surface area contributed by atoms with Crippen molar-refractivity contribution in [2.75, 3.05) is 0 Å². The average Bonchev–Trinajstić information content (AvgIpc) is 3.37. The topological polar surface area (TPSA) is 0 Å². The number of fused-ring (bicyclic) bond motifs is 2. The minimum absolute atomic E-state index is 0.134. The monoisotopic (exact) mass is 568 g/mol. The van der Waals surface area contributed by atoms with Crippen LogP contribution in [0, 0.1) is 0 Å². The van der Waals surface area contributed by atoms with Gasteiger partial charge in [-0.3, -0.25) is 0 Å². The minimum atomic E-state index is -5.02. The third-order valence-corrected chi connectivity index (χ3v) is 66.2. The summed E-state index contributed by atoms with van der Waals surface area (Å²) in [5.41, 5.74) is 10.6. The molecule has 0 saturated heterocycles. The summed E-state index contributed by atoms with van der Waals surface area (Å²) in [5.74, 6) is 0. The third-order valence-electron chi connectivity index (χ3n) is 8.95. The van der Waals surface area contributed by atoms with E-state index in [9.17, 15) is 0 Å². The van der Waals surface area contributed by atoms with E-state index in [4.69, 9.17) is 17.0 Å². The molecule has 0 N–H and O–H groups in total. The van der Waals surface area contributed by atoms with Crippen molar-refractivity contribution in [3.05, 3.63) is 106 Å². The van der Waals surface area contributed by atoms with Gasteiger partial charge in [0.05, 0.1) is 0 Å². The summed E-state index contributed by atoms with van der Waals surface area (Å²) in [6.45, 7) is 8.42. The zero-order valence-electron chi connectivity index (χ0n) is 19.9. The van der Waals surface area contributed by atoms with E-state index in [-0.39, 0.29) is 7.25 Å². The van der Waals surface area contributed by atoms with Gasteiger partial charge in [0, 0.05) is 0 Å². The first-order chi connectivity index (χ1) is 15.7.